The van der Waals surface area contributed by atoms with Crippen LogP contribution < -0.4 is 5.32 Å². The average Bonchev–Trinajstić information content (AvgIpc) is 2.50. The van der Waals surface area contributed by atoms with Crippen LogP contribution in [0.5, 0.6) is 0 Å². The van der Waals surface area contributed by atoms with Crippen molar-refractivity contribution >= 4 is 34.9 Å². The number of likely N-dealkylation sites (N-methyl/N-ethyl adjacent to an activating group) is 1. The number of amides is 1. The smallest absolute Gasteiger partial charge is 0.224 e. The van der Waals surface area contributed by atoms with Gasteiger partial charge in [-0.15, -0.1) is 0 Å². The highest BCUT2D eigenvalue weighted by Crippen LogP contribution is 2.30. The molecule has 0 aliphatic heterocycles. The van der Waals surface area contributed by atoms with Gasteiger partial charge in [0.15, 0.2) is 0 Å². The highest BCUT2D eigenvalue weighted by molar-refractivity contribution is 6.42. The molecule has 1 aliphatic rings. The molecule has 1 aromatic rings. The van der Waals surface area contributed by atoms with E-state index in [-0.39, 0.29) is 17.9 Å². The molecule has 0 saturated heterocycles. The van der Waals surface area contributed by atoms with Gasteiger partial charge >= 0.3 is 0 Å². The van der Waals surface area contributed by atoms with Crippen LogP contribution in [0, 0.1) is 0 Å². The molecule has 4 nitrogen and oxygen atoms in total. The number of halogens is 2. The van der Waals surface area contributed by atoms with E-state index >= 15 is 0 Å². The van der Waals surface area contributed by atoms with Crippen LogP contribution in [0.15, 0.2) is 18.2 Å². The van der Waals surface area contributed by atoms with Gasteiger partial charge in [-0.2, -0.15) is 0 Å². The van der Waals surface area contributed by atoms with Crippen molar-refractivity contribution in [2.75, 3.05) is 20.6 Å². The Morgan fingerprint density at radius 2 is 1.87 bits per heavy atom. The van der Waals surface area contributed by atoms with E-state index in [4.69, 9.17) is 23.2 Å². The fourth-order valence-electron chi connectivity index (χ4n) is 2.94. The third kappa shape index (κ3) is 4.69. The Bertz CT molecular complexity index is 592. The number of nitrogens with zero attached hydrogens (tertiary/aromatic N) is 1. The van der Waals surface area contributed by atoms with Crippen LogP contribution in [0.2, 0.25) is 10.0 Å². The molecule has 0 radical (unpaired) electrons. The lowest BCUT2D eigenvalue weighted by Gasteiger charge is -2.42. The van der Waals surface area contributed by atoms with Gasteiger partial charge in [-0.25, -0.2) is 0 Å². The number of carbonyl (C=O) groups excluding carboxylic acids is 2. The van der Waals surface area contributed by atoms with E-state index in [2.05, 4.69) is 10.2 Å². The zero-order valence-electron chi connectivity index (χ0n) is 13.5. The Morgan fingerprint density at radius 3 is 2.43 bits per heavy atom. The van der Waals surface area contributed by atoms with Crippen LogP contribution >= 0.6 is 23.2 Å². The van der Waals surface area contributed by atoms with Crippen molar-refractivity contribution < 1.29 is 9.59 Å². The van der Waals surface area contributed by atoms with Crippen molar-refractivity contribution in [1.29, 1.82) is 0 Å². The van der Waals surface area contributed by atoms with Crippen LogP contribution in [0.3, 0.4) is 0 Å². The summed E-state index contributed by atoms with van der Waals surface area (Å²) in [7, 11) is 4.00. The third-order valence-corrected chi connectivity index (χ3v) is 5.39. The van der Waals surface area contributed by atoms with E-state index in [0.717, 1.165) is 18.4 Å². The minimum Gasteiger partial charge on any atom is -0.354 e. The third-order valence-electron chi connectivity index (χ3n) is 4.65. The van der Waals surface area contributed by atoms with Crippen molar-refractivity contribution in [2.24, 2.45) is 0 Å². The lowest BCUT2D eigenvalue weighted by molar-refractivity contribution is -0.123. The molecule has 1 aliphatic carbocycles. The molecule has 1 saturated carbocycles. The number of carbonyl (C=O) groups is 2. The second-order valence-electron chi connectivity index (χ2n) is 6.36. The summed E-state index contributed by atoms with van der Waals surface area (Å²) in [5, 5.41) is 3.94. The summed E-state index contributed by atoms with van der Waals surface area (Å²) in [4.78, 5) is 25.8. The minimum atomic E-state index is -0.138. The first-order valence-corrected chi connectivity index (χ1v) is 8.48. The number of nitrogens with one attached hydrogen (secondary N) is 1. The first-order valence-electron chi connectivity index (χ1n) is 7.72. The summed E-state index contributed by atoms with van der Waals surface area (Å²) in [6.07, 6.45) is 3.00. The fourth-order valence-corrected chi connectivity index (χ4v) is 3.26. The number of ketones is 1. The Labute approximate surface area is 147 Å². The zero-order valence-corrected chi connectivity index (χ0v) is 15.0. The lowest BCUT2D eigenvalue weighted by Crippen LogP contribution is -2.54. The largest absolute Gasteiger partial charge is 0.354 e. The average molecular weight is 357 g/mol. The van der Waals surface area contributed by atoms with Crippen molar-refractivity contribution in [3.63, 3.8) is 0 Å². The van der Waals surface area contributed by atoms with Gasteiger partial charge in [0.25, 0.3) is 0 Å². The molecule has 1 aromatic carbocycles. The van der Waals surface area contributed by atoms with Crippen LogP contribution in [0.4, 0.5) is 0 Å². The molecule has 6 heteroatoms. The molecule has 1 fully saturated rings. The zero-order chi connectivity index (χ0) is 17.0. The highest BCUT2D eigenvalue weighted by Gasteiger charge is 2.36. The van der Waals surface area contributed by atoms with E-state index in [1.54, 1.807) is 18.2 Å². The number of Topliss-reactive ketones (excluding diaryl/α,β-unsaturated/α-hetero) is 1. The van der Waals surface area contributed by atoms with E-state index in [1.165, 1.54) is 0 Å². The van der Waals surface area contributed by atoms with Gasteiger partial charge in [0, 0.05) is 24.9 Å². The molecule has 0 atom stereocenters. The number of hydrogen-bond donors (Lipinski definition) is 1. The van der Waals surface area contributed by atoms with E-state index in [9.17, 15) is 9.59 Å². The van der Waals surface area contributed by atoms with Gasteiger partial charge in [-0.05, 0) is 44.6 Å². The summed E-state index contributed by atoms with van der Waals surface area (Å²) >= 11 is 11.9. The second kappa shape index (κ2) is 7.65. The molecule has 2 rings (SSSR count). The maximum atomic E-state index is 12.2. The SMILES string of the molecule is CN(C)C1(CNC(=O)Cc2ccc(Cl)c(Cl)c2)CCC(=O)CC1. The summed E-state index contributed by atoms with van der Waals surface area (Å²) < 4.78 is 0. The molecule has 1 amide bonds. The van der Waals surface area contributed by atoms with Crippen molar-refractivity contribution in [2.45, 2.75) is 37.6 Å². The Kier molecular flexibility index (Phi) is 6.06. The fraction of sp³-hybridized carbons (Fsp3) is 0.529. The van der Waals surface area contributed by atoms with E-state index in [0.29, 0.717) is 35.2 Å². The molecular weight excluding hydrogens is 335 g/mol. The lowest BCUT2D eigenvalue weighted by atomic mass is 9.80. The molecule has 0 bridgehead atoms. The topological polar surface area (TPSA) is 49.4 Å². The molecule has 0 spiro atoms. The molecule has 126 valence electrons. The van der Waals surface area contributed by atoms with Gasteiger partial charge < -0.3 is 10.2 Å². The first-order chi connectivity index (χ1) is 10.8. The van der Waals surface area contributed by atoms with Crippen LogP contribution in [-0.2, 0) is 16.0 Å². The van der Waals surface area contributed by atoms with Crippen molar-refractivity contribution in [3.8, 4) is 0 Å². The predicted octanol–water partition coefficient (Wildman–Crippen LogP) is 3.10. The predicted molar refractivity (Wildman–Crippen MR) is 93.1 cm³/mol. The standard InChI is InChI=1S/C17H22Cl2N2O2/c1-21(2)17(7-5-13(22)6-8-17)11-20-16(23)10-12-3-4-14(18)15(19)9-12/h3-4,9H,5-8,10-11H2,1-2H3,(H,20,23). The van der Waals surface area contributed by atoms with Gasteiger partial charge in [0.05, 0.1) is 16.5 Å². The highest BCUT2D eigenvalue weighted by atomic mass is 35.5. The second-order valence-corrected chi connectivity index (χ2v) is 7.17. The molecule has 23 heavy (non-hydrogen) atoms. The molecule has 0 unspecified atom stereocenters. The monoisotopic (exact) mass is 356 g/mol. The Morgan fingerprint density at radius 1 is 1.22 bits per heavy atom. The summed E-state index contributed by atoms with van der Waals surface area (Å²) in [5.74, 6) is 0.256. The molecule has 1 N–H and O–H groups in total. The van der Waals surface area contributed by atoms with Gasteiger partial charge in [-0.1, -0.05) is 29.3 Å². The van der Waals surface area contributed by atoms with Gasteiger partial charge in [0.2, 0.25) is 5.91 Å². The van der Waals surface area contributed by atoms with Gasteiger partial charge in [0.1, 0.15) is 5.78 Å². The first kappa shape index (κ1) is 18.2. The van der Waals surface area contributed by atoms with Crippen molar-refractivity contribution in [1.82, 2.24) is 10.2 Å². The quantitative estimate of drug-likeness (QED) is 0.881. The molecule has 0 heterocycles. The maximum absolute atomic E-state index is 12.2. The minimum absolute atomic E-state index is 0.0542. The summed E-state index contributed by atoms with van der Waals surface area (Å²) in [6.45, 7) is 0.549. The summed E-state index contributed by atoms with van der Waals surface area (Å²) in [6, 6.07) is 5.21. The van der Waals surface area contributed by atoms with E-state index in [1.807, 2.05) is 14.1 Å². The molecular formula is C17H22Cl2N2O2. The van der Waals surface area contributed by atoms with Crippen LogP contribution in [0.25, 0.3) is 0 Å². The van der Waals surface area contributed by atoms with Gasteiger partial charge in [-0.3, -0.25) is 9.59 Å². The number of rotatable bonds is 5. The normalized spacial score (nSPS) is 17.3. The van der Waals surface area contributed by atoms with E-state index < -0.39 is 0 Å². The number of hydrogen-bond acceptors (Lipinski definition) is 3. The Balaban J connectivity index is 1.94. The van der Waals surface area contributed by atoms with Crippen LogP contribution in [0.1, 0.15) is 31.2 Å². The van der Waals surface area contributed by atoms with Crippen LogP contribution in [-0.4, -0.2) is 42.8 Å². The summed E-state index contributed by atoms with van der Waals surface area (Å²) in [5.41, 5.74) is 0.691. The van der Waals surface area contributed by atoms with Crippen molar-refractivity contribution in [3.05, 3.63) is 33.8 Å². The Hall–Kier alpha value is -1.10. The maximum Gasteiger partial charge on any atom is 0.224 e. The number of benzene rings is 1. The molecule has 0 aromatic heterocycles.